The van der Waals surface area contributed by atoms with E-state index in [1.165, 1.54) is 6.07 Å². The molecule has 0 amide bonds. The zero-order chi connectivity index (χ0) is 12.8. The van der Waals surface area contributed by atoms with Crippen LogP contribution in [-0.2, 0) is 12.8 Å². The summed E-state index contributed by atoms with van der Waals surface area (Å²) < 4.78 is 13.5. The number of hydrogen-bond donors (Lipinski definition) is 2. The van der Waals surface area contributed by atoms with Gasteiger partial charge < -0.3 is 0 Å². The van der Waals surface area contributed by atoms with Crippen molar-refractivity contribution < 1.29 is 4.39 Å². The monoisotopic (exact) mass is 245 g/mol. The highest BCUT2D eigenvalue weighted by molar-refractivity contribution is 5.20. The minimum Gasteiger partial charge on any atom is -0.271 e. The van der Waals surface area contributed by atoms with Crippen LogP contribution in [0.25, 0.3) is 0 Å². The molecule has 1 heterocycles. The van der Waals surface area contributed by atoms with Crippen molar-refractivity contribution in [2.45, 2.75) is 18.9 Å². The smallest absolute Gasteiger partial charge is 0.126 e. The second-order valence-electron chi connectivity index (χ2n) is 4.22. The summed E-state index contributed by atoms with van der Waals surface area (Å²) in [5.41, 5.74) is 4.54. The van der Waals surface area contributed by atoms with Crippen LogP contribution >= 0.6 is 0 Å². The van der Waals surface area contributed by atoms with Gasteiger partial charge in [0.15, 0.2) is 0 Å². The molecular weight excluding hydrogens is 229 g/mol. The van der Waals surface area contributed by atoms with Crippen LogP contribution in [0.5, 0.6) is 0 Å². The van der Waals surface area contributed by atoms with Gasteiger partial charge in [-0.2, -0.15) is 0 Å². The number of rotatable bonds is 5. The van der Waals surface area contributed by atoms with E-state index in [2.05, 4.69) is 10.4 Å². The molecule has 0 saturated heterocycles. The zero-order valence-electron chi connectivity index (χ0n) is 10.0. The normalized spacial score (nSPS) is 12.3. The Balaban J connectivity index is 2.04. The molecule has 1 atom stereocenters. The first kappa shape index (κ1) is 12.7. The summed E-state index contributed by atoms with van der Waals surface area (Å²) in [5.74, 6) is 5.34. The molecule has 0 saturated carbocycles. The molecule has 2 rings (SSSR count). The van der Waals surface area contributed by atoms with Crippen molar-refractivity contribution in [3.05, 3.63) is 65.7 Å². The molecule has 0 aliphatic heterocycles. The Kier molecular flexibility index (Phi) is 4.39. The van der Waals surface area contributed by atoms with E-state index in [4.69, 9.17) is 5.84 Å². The number of nitrogens with two attached hydrogens (primary N) is 1. The summed E-state index contributed by atoms with van der Waals surface area (Å²) in [6, 6.07) is 10.6. The molecule has 0 radical (unpaired) electrons. The number of benzene rings is 1. The van der Waals surface area contributed by atoms with Gasteiger partial charge in [0.25, 0.3) is 0 Å². The SMILES string of the molecule is NNC(Cc1ccncc1)Cc1ccccc1F. The van der Waals surface area contributed by atoms with Crippen molar-refractivity contribution in [2.24, 2.45) is 5.84 Å². The molecule has 2 aromatic rings. The standard InChI is InChI=1S/C14H16FN3/c15-14-4-2-1-3-12(14)10-13(18-16)9-11-5-7-17-8-6-11/h1-8,13,18H,9-10,16H2. The minimum atomic E-state index is -0.188. The van der Waals surface area contributed by atoms with E-state index in [0.717, 1.165) is 12.0 Å². The highest BCUT2D eigenvalue weighted by atomic mass is 19.1. The van der Waals surface area contributed by atoms with Crippen molar-refractivity contribution in [2.75, 3.05) is 0 Å². The van der Waals surface area contributed by atoms with Crippen molar-refractivity contribution in [1.82, 2.24) is 10.4 Å². The zero-order valence-corrected chi connectivity index (χ0v) is 10.0. The fourth-order valence-electron chi connectivity index (χ4n) is 1.92. The number of nitrogens with zero attached hydrogens (tertiary/aromatic N) is 1. The van der Waals surface area contributed by atoms with Crippen molar-refractivity contribution in [3.63, 3.8) is 0 Å². The Morgan fingerprint density at radius 1 is 1.11 bits per heavy atom. The number of pyridine rings is 1. The summed E-state index contributed by atoms with van der Waals surface area (Å²) in [4.78, 5) is 3.96. The third-order valence-electron chi connectivity index (χ3n) is 2.89. The summed E-state index contributed by atoms with van der Waals surface area (Å²) in [6.07, 6.45) is 4.79. The van der Waals surface area contributed by atoms with Gasteiger partial charge in [-0.05, 0) is 42.2 Å². The van der Waals surface area contributed by atoms with Crippen LogP contribution in [0.4, 0.5) is 4.39 Å². The van der Waals surface area contributed by atoms with E-state index in [0.29, 0.717) is 12.0 Å². The minimum absolute atomic E-state index is 0.00398. The molecule has 0 aliphatic carbocycles. The van der Waals surface area contributed by atoms with Gasteiger partial charge in [0.05, 0.1) is 0 Å². The van der Waals surface area contributed by atoms with Gasteiger partial charge in [-0.15, -0.1) is 0 Å². The van der Waals surface area contributed by atoms with Gasteiger partial charge in [0.2, 0.25) is 0 Å². The van der Waals surface area contributed by atoms with Crippen molar-refractivity contribution in [1.29, 1.82) is 0 Å². The van der Waals surface area contributed by atoms with Crippen molar-refractivity contribution in [3.8, 4) is 0 Å². The largest absolute Gasteiger partial charge is 0.271 e. The number of hydrogen-bond acceptors (Lipinski definition) is 3. The maximum absolute atomic E-state index is 13.5. The van der Waals surface area contributed by atoms with E-state index in [1.807, 2.05) is 18.2 Å². The Hall–Kier alpha value is -1.78. The molecule has 0 aliphatic rings. The lowest BCUT2D eigenvalue weighted by Crippen LogP contribution is -2.38. The molecule has 4 heteroatoms. The molecular formula is C14H16FN3. The first-order chi connectivity index (χ1) is 8.79. The summed E-state index contributed by atoms with van der Waals surface area (Å²) in [7, 11) is 0. The quantitative estimate of drug-likeness (QED) is 0.624. The molecule has 1 aromatic carbocycles. The number of halogens is 1. The lowest BCUT2D eigenvalue weighted by Gasteiger charge is -2.16. The second-order valence-corrected chi connectivity index (χ2v) is 4.22. The molecule has 0 bridgehead atoms. The first-order valence-electron chi connectivity index (χ1n) is 5.88. The van der Waals surface area contributed by atoms with Gasteiger partial charge >= 0.3 is 0 Å². The molecule has 0 spiro atoms. The lowest BCUT2D eigenvalue weighted by molar-refractivity contribution is 0.506. The van der Waals surface area contributed by atoms with Crippen LogP contribution in [0.3, 0.4) is 0 Å². The molecule has 3 nitrogen and oxygen atoms in total. The number of aromatic nitrogens is 1. The van der Waals surface area contributed by atoms with E-state index in [-0.39, 0.29) is 11.9 Å². The fourth-order valence-corrected chi connectivity index (χ4v) is 1.92. The fraction of sp³-hybridized carbons (Fsp3) is 0.214. The average molecular weight is 245 g/mol. The number of nitrogens with one attached hydrogen (secondary N) is 1. The van der Waals surface area contributed by atoms with E-state index >= 15 is 0 Å². The Morgan fingerprint density at radius 3 is 2.50 bits per heavy atom. The third-order valence-corrected chi connectivity index (χ3v) is 2.89. The van der Waals surface area contributed by atoms with Gasteiger partial charge in [0, 0.05) is 18.4 Å². The molecule has 18 heavy (non-hydrogen) atoms. The van der Waals surface area contributed by atoms with E-state index in [9.17, 15) is 4.39 Å². The summed E-state index contributed by atoms with van der Waals surface area (Å²) in [6.45, 7) is 0. The average Bonchev–Trinajstić information content (AvgIpc) is 2.41. The highest BCUT2D eigenvalue weighted by Crippen LogP contribution is 2.11. The van der Waals surface area contributed by atoms with Crippen LogP contribution in [0, 0.1) is 5.82 Å². The maximum atomic E-state index is 13.5. The van der Waals surface area contributed by atoms with Crippen LogP contribution < -0.4 is 11.3 Å². The molecule has 1 aromatic heterocycles. The molecule has 94 valence electrons. The predicted molar refractivity (Wildman–Crippen MR) is 69.2 cm³/mol. The van der Waals surface area contributed by atoms with E-state index in [1.54, 1.807) is 24.5 Å². The van der Waals surface area contributed by atoms with Crippen LogP contribution in [0.2, 0.25) is 0 Å². The molecule has 3 N–H and O–H groups in total. The second kappa shape index (κ2) is 6.23. The molecule has 1 unspecified atom stereocenters. The van der Waals surface area contributed by atoms with Crippen LogP contribution in [0.1, 0.15) is 11.1 Å². The van der Waals surface area contributed by atoms with Gasteiger partial charge in [0.1, 0.15) is 5.82 Å². The maximum Gasteiger partial charge on any atom is 0.126 e. The lowest BCUT2D eigenvalue weighted by atomic mass is 10.00. The van der Waals surface area contributed by atoms with Gasteiger partial charge in [-0.3, -0.25) is 16.3 Å². The van der Waals surface area contributed by atoms with Crippen molar-refractivity contribution >= 4 is 0 Å². The highest BCUT2D eigenvalue weighted by Gasteiger charge is 2.11. The summed E-state index contributed by atoms with van der Waals surface area (Å²) >= 11 is 0. The Bertz CT molecular complexity index is 487. The van der Waals surface area contributed by atoms with Crippen LogP contribution in [-0.4, -0.2) is 11.0 Å². The predicted octanol–water partition coefficient (Wildman–Crippen LogP) is 1.84. The van der Waals surface area contributed by atoms with Gasteiger partial charge in [-0.25, -0.2) is 4.39 Å². The van der Waals surface area contributed by atoms with Crippen LogP contribution in [0.15, 0.2) is 48.8 Å². The first-order valence-corrected chi connectivity index (χ1v) is 5.88. The Morgan fingerprint density at radius 2 is 1.83 bits per heavy atom. The summed E-state index contributed by atoms with van der Waals surface area (Å²) in [5, 5.41) is 0. The third kappa shape index (κ3) is 3.35. The molecule has 0 fully saturated rings. The number of hydrazine groups is 1. The Labute approximate surface area is 106 Å². The van der Waals surface area contributed by atoms with E-state index < -0.39 is 0 Å². The van der Waals surface area contributed by atoms with Gasteiger partial charge in [-0.1, -0.05) is 18.2 Å². The topological polar surface area (TPSA) is 50.9 Å².